The van der Waals surface area contributed by atoms with Crippen molar-refractivity contribution in [2.24, 2.45) is 5.14 Å². The molecule has 142 valence electrons. The summed E-state index contributed by atoms with van der Waals surface area (Å²) in [5.41, 5.74) is 1.11. The summed E-state index contributed by atoms with van der Waals surface area (Å²) < 4.78 is 27.9. The van der Waals surface area contributed by atoms with Gasteiger partial charge in [0.2, 0.25) is 10.0 Å². The first kappa shape index (κ1) is 18.9. The van der Waals surface area contributed by atoms with Crippen molar-refractivity contribution in [2.75, 3.05) is 13.1 Å². The van der Waals surface area contributed by atoms with Gasteiger partial charge in [-0.2, -0.15) is 0 Å². The number of rotatable bonds is 5. The minimum atomic E-state index is -3.87. The minimum Gasteiger partial charge on any atom is -0.445 e. The Hall–Kier alpha value is -2.91. The summed E-state index contributed by atoms with van der Waals surface area (Å²) in [6.45, 7) is 0.806. The van der Waals surface area contributed by atoms with Crippen molar-refractivity contribution in [3.05, 3.63) is 65.7 Å². The average molecular weight is 389 g/mol. The highest BCUT2D eigenvalue weighted by Gasteiger charge is 2.32. The highest BCUT2D eigenvalue weighted by molar-refractivity contribution is 7.89. The van der Waals surface area contributed by atoms with Crippen LogP contribution in [-0.4, -0.2) is 44.4 Å². The topological polar surface area (TPSA) is 119 Å². The molecule has 0 atom stereocenters. The molecular weight excluding hydrogens is 370 g/mol. The predicted octanol–water partition coefficient (Wildman–Crippen LogP) is 1.08. The van der Waals surface area contributed by atoms with Gasteiger partial charge in [0, 0.05) is 18.7 Å². The molecule has 27 heavy (non-hydrogen) atoms. The summed E-state index contributed by atoms with van der Waals surface area (Å²) in [6, 6.07) is 14.6. The van der Waals surface area contributed by atoms with Gasteiger partial charge in [-0.1, -0.05) is 36.4 Å². The molecule has 2 amide bonds. The van der Waals surface area contributed by atoms with Crippen molar-refractivity contribution >= 4 is 22.0 Å². The summed E-state index contributed by atoms with van der Waals surface area (Å²) in [7, 11) is -3.87. The first-order valence-electron chi connectivity index (χ1n) is 8.22. The Bertz CT molecular complexity index is 940. The maximum atomic E-state index is 12.4. The number of likely N-dealkylation sites (tertiary alicyclic amines) is 1. The highest BCUT2D eigenvalue weighted by Crippen LogP contribution is 2.16. The van der Waals surface area contributed by atoms with Gasteiger partial charge in [0.05, 0.1) is 10.9 Å². The molecule has 3 rings (SSSR count). The number of nitrogens with one attached hydrogen (secondary N) is 1. The number of nitrogens with two attached hydrogens (primary N) is 1. The number of sulfonamides is 1. The molecule has 0 saturated carbocycles. The van der Waals surface area contributed by atoms with Crippen LogP contribution in [0.5, 0.6) is 0 Å². The van der Waals surface area contributed by atoms with Gasteiger partial charge in [0.25, 0.3) is 5.91 Å². The summed E-state index contributed by atoms with van der Waals surface area (Å²) in [5, 5.41) is 7.77. The average Bonchev–Trinajstić information content (AvgIpc) is 2.62. The summed E-state index contributed by atoms with van der Waals surface area (Å²) >= 11 is 0. The lowest BCUT2D eigenvalue weighted by molar-refractivity contribution is 0.0545. The van der Waals surface area contributed by atoms with Crippen LogP contribution in [0.1, 0.15) is 15.9 Å². The fourth-order valence-corrected chi connectivity index (χ4v) is 3.22. The number of alkyl carbamates (subject to hydrolysis) is 1. The third-order valence-corrected chi connectivity index (χ3v) is 5.02. The van der Waals surface area contributed by atoms with Crippen LogP contribution < -0.4 is 10.5 Å². The minimum absolute atomic E-state index is 0.118. The second-order valence-corrected chi connectivity index (χ2v) is 7.75. The van der Waals surface area contributed by atoms with E-state index in [2.05, 4.69) is 5.32 Å². The lowest BCUT2D eigenvalue weighted by Crippen LogP contribution is -2.61. The fourth-order valence-electron chi connectivity index (χ4n) is 2.66. The monoisotopic (exact) mass is 389 g/mol. The fraction of sp³-hybridized carbons (Fsp3) is 0.222. The van der Waals surface area contributed by atoms with Crippen LogP contribution in [0.2, 0.25) is 0 Å². The first-order chi connectivity index (χ1) is 12.8. The lowest BCUT2D eigenvalue weighted by Gasteiger charge is -2.39. The summed E-state index contributed by atoms with van der Waals surface area (Å²) in [4.78, 5) is 25.6. The first-order valence-corrected chi connectivity index (χ1v) is 9.77. The number of benzene rings is 2. The number of carbonyl (C=O) groups excluding carboxylic acids is 2. The lowest BCUT2D eigenvalue weighted by atomic mass is 10.1. The number of primary sulfonamides is 1. The van der Waals surface area contributed by atoms with Crippen molar-refractivity contribution < 1.29 is 22.7 Å². The second kappa shape index (κ2) is 7.77. The van der Waals surface area contributed by atoms with E-state index >= 15 is 0 Å². The van der Waals surface area contributed by atoms with E-state index < -0.39 is 16.1 Å². The molecule has 2 aromatic rings. The van der Waals surface area contributed by atoms with Gasteiger partial charge < -0.3 is 15.0 Å². The number of nitrogens with zero attached hydrogens (tertiary/aromatic N) is 1. The zero-order chi connectivity index (χ0) is 19.4. The van der Waals surface area contributed by atoms with E-state index in [1.165, 1.54) is 29.2 Å². The van der Waals surface area contributed by atoms with Crippen molar-refractivity contribution in [2.45, 2.75) is 17.5 Å². The normalized spacial score (nSPS) is 14.3. The van der Waals surface area contributed by atoms with Crippen LogP contribution in [0.15, 0.2) is 59.5 Å². The Labute approximate surface area is 157 Å². The van der Waals surface area contributed by atoms with Crippen LogP contribution in [0.4, 0.5) is 4.79 Å². The van der Waals surface area contributed by atoms with E-state index in [1.807, 2.05) is 30.3 Å². The Balaban J connectivity index is 1.48. The van der Waals surface area contributed by atoms with E-state index in [4.69, 9.17) is 9.88 Å². The van der Waals surface area contributed by atoms with Gasteiger partial charge in [0.1, 0.15) is 6.61 Å². The van der Waals surface area contributed by atoms with Gasteiger partial charge in [-0.05, 0) is 23.8 Å². The van der Waals surface area contributed by atoms with Gasteiger partial charge >= 0.3 is 6.09 Å². The van der Waals surface area contributed by atoms with E-state index in [0.29, 0.717) is 13.1 Å². The molecular formula is C18H19N3O5S. The molecule has 1 fully saturated rings. The van der Waals surface area contributed by atoms with Crippen LogP contribution >= 0.6 is 0 Å². The molecule has 0 spiro atoms. The number of ether oxygens (including phenoxy) is 1. The van der Waals surface area contributed by atoms with E-state index in [0.717, 1.165) is 5.56 Å². The molecule has 2 aromatic carbocycles. The van der Waals surface area contributed by atoms with Gasteiger partial charge in [0.15, 0.2) is 0 Å². The van der Waals surface area contributed by atoms with E-state index in [1.54, 1.807) is 0 Å². The maximum absolute atomic E-state index is 12.4. The Kier molecular flexibility index (Phi) is 5.43. The molecule has 8 nitrogen and oxygen atoms in total. The Morgan fingerprint density at radius 1 is 1.11 bits per heavy atom. The summed E-state index contributed by atoms with van der Waals surface area (Å²) in [5.74, 6) is -0.323. The quantitative estimate of drug-likeness (QED) is 0.793. The van der Waals surface area contributed by atoms with Crippen molar-refractivity contribution in [3.63, 3.8) is 0 Å². The van der Waals surface area contributed by atoms with Crippen molar-refractivity contribution in [1.29, 1.82) is 0 Å². The molecule has 0 aromatic heterocycles. The van der Waals surface area contributed by atoms with Crippen LogP contribution in [0.3, 0.4) is 0 Å². The predicted molar refractivity (Wildman–Crippen MR) is 97.3 cm³/mol. The third kappa shape index (κ3) is 4.83. The number of amides is 2. The van der Waals surface area contributed by atoms with E-state index in [-0.39, 0.29) is 29.0 Å². The van der Waals surface area contributed by atoms with Gasteiger partial charge in [-0.15, -0.1) is 0 Å². The van der Waals surface area contributed by atoms with Gasteiger partial charge in [-0.3, -0.25) is 4.79 Å². The summed E-state index contributed by atoms with van der Waals surface area (Å²) in [6.07, 6.45) is -0.549. The SMILES string of the molecule is NS(=O)(=O)c1cccc(C(=O)N2CC(NC(=O)OCc3ccccc3)C2)c1. The molecule has 1 saturated heterocycles. The smallest absolute Gasteiger partial charge is 0.407 e. The van der Waals surface area contributed by atoms with Crippen LogP contribution in [0.25, 0.3) is 0 Å². The zero-order valence-electron chi connectivity index (χ0n) is 14.4. The zero-order valence-corrected chi connectivity index (χ0v) is 15.2. The van der Waals surface area contributed by atoms with Crippen LogP contribution in [0, 0.1) is 0 Å². The van der Waals surface area contributed by atoms with Crippen molar-refractivity contribution in [1.82, 2.24) is 10.2 Å². The largest absolute Gasteiger partial charge is 0.445 e. The molecule has 0 radical (unpaired) electrons. The van der Waals surface area contributed by atoms with Gasteiger partial charge in [-0.25, -0.2) is 18.4 Å². The second-order valence-electron chi connectivity index (χ2n) is 6.19. The Morgan fingerprint density at radius 3 is 2.48 bits per heavy atom. The standard InChI is InChI=1S/C18H19N3O5S/c19-27(24,25)16-8-4-7-14(9-16)17(22)21-10-15(11-21)20-18(23)26-12-13-5-2-1-3-6-13/h1-9,15H,10-12H2,(H,20,23)(H2,19,24,25). The Morgan fingerprint density at radius 2 is 1.81 bits per heavy atom. The number of carbonyl (C=O) groups is 2. The van der Waals surface area contributed by atoms with Crippen molar-refractivity contribution in [3.8, 4) is 0 Å². The third-order valence-electron chi connectivity index (χ3n) is 4.11. The molecule has 0 bridgehead atoms. The van der Waals surface area contributed by atoms with Crippen LogP contribution in [-0.2, 0) is 21.4 Å². The maximum Gasteiger partial charge on any atom is 0.407 e. The molecule has 1 aliphatic rings. The molecule has 1 aliphatic heterocycles. The molecule has 9 heteroatoms. The highest BCUT2D eigenvalue weighted by atomic mass is 32.2. The number of hydrogen-bond acceptors (Lipinski definition) is 5. The molecule has 3 N–H and O–H groups in total. The molecule has 0 unspecified atom stereocenters. The van der Waals surface area contributed by atoms with E-state index in [9.17, 15) is 18.0 Å². The molecule has 1 heterocycles. The molecule has 0 aliphatic carbocycles. The number of hydrogen-bond donors (Lipinski definition) is 2.